The van der Waals surface area contributed by atoms with E-state index in [0.717, 1.165) is 53.0 Å². The van der Waals surface area contributed by atoms with Gasteiger partial charge in [-0.2, -0.15) is 5.10 Å². The summed E-state index contributed by atoms with van der Waals surface area (Å²) < 4.78 is 7.67. The van der Waals surface area contributed by atoms with E-state index in [2.05, 4.69) is 15.4 Å². The Hall–Kier alpha value is -2.72. The third-order valence-electron chi connectivity index (χ3n) is 6.16. The van der Waals surface area contributed by atoms with E-state index in [9.17, 15) is 9.59 Å². The smallest absolute Gasteiger partial charge is 0.327 e. The number of amides is 3. The highest BCUT2D eigenvalue weighted by Gasteiger charge is 2.33. The number of likely N-dealkylation sites (N-methyl/N-ethyl adjacent to an activating group) is 1. The molecule has 11 heteroatoms. The molecule has 1 N–H and O–H groups in total. The number of carbonyl (C=O) groups excluding carboxylic acids is 2. The fraction of sp³-hybridized carbons (Fsp3) is 0.391. The summed E-state index contributed by atoms with van der Waals surface area (Å²) in [7, 11) is 1.62. The SMILES string of the molecule is Cc1cc(Cl)cc(-c2ncnn3cc(CN4C(=O)CN(C)C4=O)cc23)c1CC1CNCCO1.Cl. The number of ether oxygens (including phenoxy) is 1. The third-order valence-corrected chi connectivity index (χ3v) is 6.38. The molecule has 2 saturated heterocycles. The van der Waals surface area contributed by atoms with Crippen LogP contribution < -0.4 is 5.32 Å². The molecule has 1 unspecified atom stereocenters. The fourth-order valence-electron chi connectivity index (χ4n) is 4.52. The van der Waals surface area contributed by atoms with Gasteiger partial charge < -0.3 is 15.0 Å². The number of urea groups is 1. The second kappa shape index (κ2) is 9.87. The van der Waals surface area contributed by atoms with Crippen LogP contribution in [0.25, 0.3) is 16.8 Å². The Morgan fingerprint density at radius 3 is 2.79 bits per heavy atom. The minimum Gasteiger partial charge on any atom is -0.375 e. The maximum absolute atomic E-state index is 12.3. The van der Waals surface area contributed by atoms with Gasteiger partial charge in [0.25, 0.3) is 5.91 Å². The van der Waals surface area contributed by atoms with Gasteiger partial charge in [0.15, 0.2) is 0 Å². The van der Waals surface area contributed by atoms with Crippen LogP contribution in [-0.2, 0) is 22.5 Å². The number of carbonyl (C=O) groups is 2. The molecule has 5 rings (SSSR count). The Balaban J connectivity index is 0.00000274. The second-order valence-electron chi connectivity index (χ2n) is 8.56. The molecule has 3 aromatic rings. The summed E-state index contributed by atoms with van der Waals surface area (Å²) in [5.41, 5.74) is 5.46. The number of fused-ring (bicyclic) bond motifs is 1. The van der Waals surface area contributed by atoms with Crippen molar-refractivity contribution in [3.63, 3.8) is 0 Å². The van der Waals surface area contributed by atoms with Crippen LogP contribution in [-0.4, -0.2) is 75.7 Å². The molecule has 1 aromatic carbocycles. The Bertz CT molecular complexity index is 1240. The molecule has 4 heterocycles. The normalized spacial score (nSPS) is 18.6. The van der Waals surface area contributed by atoms with Gasteiger partial charge in [0.05, 0.1) is 30.5 Å². The van der Waals surface area contributed by atoms with Crippen LogP contribution in [0.15, 0.2) is 30.7 Å². The predicted octanol–water partition coefficient (Wildman–Crippen LogP) is 2.70. The maximum atomic E-state index is 12.3. The average molecular weight is 505 g/mol. The van der Waals surface area contributed by atoms with E-state index in [1.54, 1.807) is 11.6 Å². The highest BCUT2D eigenvalue weighted by molar-refractivity contribution is 6.31. The lowest BCUT2D eigenvalue weighted by Crippen LogP contribution is -2.39. The molecule has 2 fully saturated rings. The molecule has 0 radical (unpaired) electrons. The number of hydrogen-bond acceptors (Lipinski definition) is 6. The number of hydrogen-bond donors (Lipinski definition) is 1. The number of nitrogens with one attached hydrogen (secondary N) is 1. The zero-order chi connectivity index (χ0) is 23.1. The highest BCUT2D eigenvalue weighted by atomic mass is 35.5. The Labute approximate surface area is 208 Å². The molecule has 3 amide bonds. The first-order chi connectivity index (χ1) is 15.9. The van der Waals surface area contributed by atoms with Gasteiger partial charge in [-0.25, -0.2) is 14.3 Å². The van der Waals surface area contributed by atoms with Crippen LogP contribution in [0.4, 0.5) is 4.79 Å². The first-order valence-corrected chi connectivity index (χ1v) is 11.3. The lowest BCUT2D eigenvalue weighted by atomic mass is 9.94. The summed E-state index contributed by atoms with van der Waals surface area (Å²) >= 11 is 6.45. The monoisotopic (exact) mass is 504 g/mol. The summed E-state index contributed by atoms with van der Waals surface area (Å²) in [6.07, 6.45) is 4.13. The molecule has 2 aromatic heterocycles. The van der Waals surface area contributed by atoms with Crippen molar-refractivity contribution in [3.05, 3.63) is 52.4 Å². The molecule has 2 aliphatic rings. The third kappa shape index (κ3) is 4.61. The summed E-state index contributed by atoms with van der Waals surface area (Å²) in [5.74, 6) is -0.210. The van der Waals surface area contributed by atoms with Gasteiger partial charge in [-0.15, -0.1) is 12.4 Å². The van der Waals surface area contributed by atoms with Gasteiger partial charge >= 0.3 is 6.03 Å². The quantitative estimate of drug-likeness (QED) is 0.537. The zero-order valence-electron chi connectivity index (χ0n) is 19.0. The summed E-state index contributed by atoms with van der Waals surface area (Å²) in [6, 6.07) is 5.51. The van der Waals surface area contributed by atoms with Crippen LogP contribution in [0, 0.1) is 6.92 Å². The molecule has 0 aliphatic carbocycles. The number of rotatable bonds is 5. The lowest BCUT2D eigenvalue weighted by Gasteiger charge is -2.25. The number of morpholine rings is 1. The molecular formula is C23H26Cl2N6O3. The molecule has 0 spiro atoms. The zero-order valence-corrected chi connectivity index (χ0v) is 20.5. The standard InChI is InChI=1S/C23H25ClN6O3.ClH/c1-14-5-16(24)7-19(18(14)8-17-9-25-3-4-33-17)22-20-6-15(11-30(20)27-13-26-22)10-29-21(31)12-28(2)23(29)32;/h5-7,11,13,17,25H,3-4,8-10,12H2,1-2H3;1H. The minimum absolute atomic E-state index is 0. The van der Waals surface area contributed by atoms with Crippen LogP contribution >= 0.6 is 24.0 Å². The van der Waals surface area contributed by atoms with Crippen molar-refractivity contribution in [3.8, 4) is 11.3 Å². The fourth-order valence-corrected chi connectivity index (χ4v) is 4.79. The van der Waals surface area contributed by atoms with Crippen molar-refractivity contribution >= 4 is 41.5 Å². The maximum Gasteiger partial charge on any atom is 0.327 e. The number of aryl methyl sites for hydroxylation is 1. The van der Waals surface area contributed by atoms with Gasteiger partial charge in [-0.3, -0.25) is 9.69 Å². The first kappa shape index (κ1) is 24.4. The number of imide groups is 1. The number of aromatic nitrogens is 3. The van der Waals surface area contributed by atoms with E-state index < -0.39 is 0 Å². The number of halogens is 2. The minimum atomic E-state index is -0.296. The first-order valence-electron chi connectivity index (χ1n) is 10.9. The van der Waals surface area contributed by atoms with E-state index in [1.165, 1.54) is 16.1 Å². The molecule has 1 atom stereocenters. The van der Waals surface area contributed by atoms with E-state index in [0.29, 0.717) is 11.6 Å². The largest absolute Gasteiger partial charge is 0.375 e. The molecule has 0 bridgehead atoms. The van der Waals surface area contributed by atoms with E-state index >= 15 is 0 Å². The van der Waals surface area contributed by atoms with Gasteiger partial charge in [0.1, 0.15) is 12.9 Å². The van der Waals surface area contributed by atoms with Crippen LogP contribution in [0.2, 0.25) is 5.02 Å². The summed E-state index contributed by atoms with van der Waals surface area (Å²) in [6.45, 7) is 4.68. The molecule has 9 nitrogen and oxygen atoms in total. The van der Waals surface area contributed by atoms with Crippen LogP contribution in [0.1, 0.15) is 16.7 Å². The number of benzene rings is 1. The molecule has 2 aliphatic heterocycles. The van der Waals surface area contributed by atoms with E-state index in [1.807, 2.05) is 31.3 Å². The second-order valence-corrected chi connectivity index (χ2v) is 8.99. The van der Waals surface area contributed by atoms with Crippen molar-refractivity contribution in [2.45, 2.75) is 26.0 Å². The predicted molar refractivity (Wildman–Crippen MR) is 130 cm³/mol. The molecule has 34 heavy (non-hydrogen) atoms. The number of nitrogens with zero attached hydrogens (tertiary/aromatic N) is 5. The molecule has 180 valence electrons. The van der Waals surface area contributed by atoms with E-state index in [-0.39, 0.29) is 43.5 Å². The average Bonchev–Trinajstić information content (AvgIpc) is 3.31. The van der Waals surface area contributed by atoms with Crippen molar-refractivity contribution < 1.29 is 14.3 Å². The van der Waals surface area contributed by atoms with Crippen molar-refractivity contribution in [2.75, 3.05) is 33.3 Å². The molecule has 0 saturated carbocycles. The van der Waals surface area contributed by atoms with Gasteiger partial charge in [-0.1, -0.05) is 11.6 Å². The van der Waals surface area contributed by atoms with Gasteiger partial charge in [0.2, 0.25) is 0 Å². The Morgan fingerprint density at radius 2 is 2.09 bits per heavy atom. The van der Waals surface area contributed by atoms with Gasteiger partial charge in [-0.05, 0) is 41.8 Å². The summed E-state index contributed by atoms with van der Waals surface area (Å²) in [5, 5.41) is 8.36. The highest BCUT2D eigenvalue weighted by Crippen LogP contribution is 2.33. The molecular weight excluding hydrogens is 479 g/mol. The summed E-state index contributed by atoms with van der Waals surface area (Å²) in [4.78, 5) is 31.8. The lowest BCUT2D eigenvalue weighted by molar-refractivity contribution is -0.125. The van der Waals surface area contributed by atoms with Crippen LogP contribution in [0.3, 0.4) is 0 Å². The van der Waals surface area contributed by atoms with Gasteiger partial charge in [0, 0.05) is 43.3 Å². The Morgan fingerprint density at radius 1 is 1.26 bits per heavy atom. The van der Waals surface area contributed by atoms with Crippen LogP contribution in [0.5, 0.6) is 0 Å². The van der Waals surface area contributed by atoms with Crippen molar-refractivity contribution in [1.29, 1.82) is 0 Å². The van der Waals surface area contributed by atoms with Crippen molar-refractivity contribution in [1.82, 2.24) is 29.7 Å². The Kier molecular flexibility index (Phi) is 7.09. The topological polar surface area (TPSA) is 92.1 Å². The van der Waals surface area contributed by atoms with Crippen molar-refractivity contribution in [2.24, 2.45) is 0 Å². The van der Waals surface area contributed by atoms with E-state index in [4.69, 9.17) is 16.3 Å².